The lowest BCUT2D eigenvalue weighted by molar-refractivity contribution is -0.150. The Bertz CT molecular complexity index is 687. The predicted molar refractivity (Wildman–Crippen MR) is 83.5 cm³/mol. The summed E-state index contributed by atoms with van der Waals surface area (Å²) in [5, 5.41) is 0. The molecule has 4 nitrogen and oxygen atoms in total. The first-order chi connectivity index (χ1) is 11.2. The molecule has 0 bridgehead atoms. The quantitative estimate of drug-likeness (QED) is 0.871. The van der Waals surface area contributed by atoms with Crippen LogP contribution >= 0.6 is 0 Å². The summed E-state index contributed by atoms with van der Waals surface area (Å²) in [6.45, 7) is 0.920. The zero-order chi connectivity index (χ0) is 16.2. The van der Waals surface area contributed by atoms with Crippen molar-refractivity contribution in [3.05, 3.63) is 65.5 Å². The molecule has 1 heterocycles. The van der Waals surface area contributed by atoms with Crippen molar-refractivity contribution in [2.75, 3.05) is 20.3 Å². The molecule has 0 aliphatic carbocycles. The van der Waals surface area contributed by atoms with E-state index < -0.39 is 0 Å². The van der Waals surface area contributed by atoms with Crippen LogP contribution < -0.4 is 4.74 Å². The largest absolute Gasteiger partial charge is 0.497 e. The zero-order valence-electron chi connectivity index (χ0n) is 12.9. The lowest BCUT2D eigenvalue weighted by Gasteiger charge is -2.33. The molecule has 2 aromatic rings. The first-order valence-corrected chi connectivity index (χ1v) is 7.43. The van der Waals surface area contributed by atoms with Crippen molar-refractivity contribution in [3.8, 4) is 5.75 Å². The highest BCUT2D eigenvalue weighted by atomic mass is 19.1. The second-order valence-corrected chi connectivity index (χ2v) is 5.48. The molecule has 0 radical (unpaired) electrons. The zero-order valence-corrected chi connectivity index (χ0v) is 12.9. The molecule has 1 fully saturated rings. The van der Waals surface area contributed by atoms with E-state index in [0.717, 1.165) is 16.9 Å². The molecule has 0 N–H and O–H groups in total. The molecular formula is C18H18FNO3. The first kappa shape index (κ1) is 15.5. The Morgan fingerprint density at radius 2 is 2.04 bits per heavy atom. The molecule has 0 aromatic heterocycles. The molecule has 3 rings (SSSR count). The van der Waals surface area contributed by atoms with Crippen LogP contribution in [-0.4, -0.2) is 31.1 Å². The van der Waals surface area contributed by atoms with Crippen molar-refractivity contribution < 1.29 is 18.7 Å². The fourth-order valence-corrected chi connectivity index (χ4v) is 2.63. The van der Waals surface area contributed by atoms with Gasteiger partial charge in [-0.2, -0.15) is 0 Å². The van der Waals surface area contributed by atoms with Gasteiger partial charge in [0.2, 0.25) is 5.91 Å². The maximum atomic E-state index is 13.4. The van der Waals surface area contributed by atoms with E-state index in [2.05, 4.69) is 0 Å². The van der Waals surface area contributed by atoms with E-state index in [-0.39, 0.29) is 24.4 Å². The molecule has 1 aliphatic heterocycles. The second kappa shape index (κ2) is 6.79. The molecule has 0 saturated carbocycles. The molecule has 1 amide bonds. The van der Waals surface area contributed by atoms with Crippen LogP contribution in [-0.2, 0) is 16.1 Å². The average molecular weight is 315 g/mol. The number of hydrogen-bond acceptors (Lipinski definition) is 3. The fraction of sp³-hybridized carbons (Fsp3) is 0.278. The molecule has 5 heteroatoms. The summed E-state index contributed by atoms with van der Waals surface area (Å²) in [7, 11) is 1.62. The number of ether oxygens (including phenoxy) is 2. The van der Waals surface area contributed by atoms with Gasteiger partial charge in [-0.25, -0.2) is 4.39 Å². The van der Waals surface area contributed by atoms with E-state index in [1.165, 1.54) is 12.1 Å². The Labute approximate surface area is 134 Å². The Morgan fingerprint density at radius 3 is 2.74 bits per heavy atom. The third-order valence-corrected chi connectivity index (χ3v) is 3.90. The van der Waals surface area contributed by atoms with Crippen LogP contribution in [0.25, 0.3) is 0 Å². The maximum Gasteiger partial charge on any atom is 0.249 e. The van der Waals surface area contributed by atoms with Gasteiger partial charge in [-0.3, -0.25) is 4.79 Å². The van der Waals surface area contributed by atoms with Gasteiger partial charge < -0.3 is 14.4 Å². The minimum Gasteiger partial charge on any atom is -0.497 e. The minimum atomic E-state index is -0.304. The summed E-state index contributed by atoms with van der Waals surface area (Å²) in [6.07, 6.45) is -0.304. The van der Waals surface area contributed by atoms with Gasteiger partial charge in [0.1, 0.15) is 24.3 Å². The van der Waals surface area contributed by atoms with E-state index in [0.29, 0.717) is 13.1 Å². The van der Waals surface area contributed by atoms with Crippen LogP contribution in [0.15, 0.2) is 48.5 Å². The normalized spacial score (nSPS) is 18.1. The number of hydrogen-bond donors (Lipinski definition) is 0. The number of methoxy groups -OCH3 is 1. The van der Waals surface area contributed by atoms with Crippen molar-refractivity contribution in [2.24, 2.45) is 0 Å². The highest BCUT2D eigenvalue weighted by molar-refractivity contribution is 5.78. The number of halogens is 1. The summed E-state index contributed by atoms with van der Waals surface area (Å²) in [5.41, 5.74) is 1.76. The smallest absolute Gasteiger partial charge is 0.249 e. The van der Waals surface area contributed by atoms with Crippen LogP contribution in [0.4, 0.5) is 4.39 Å². The average Bonchev–Trinajstić information content (AvgIpc) is 2.57. The van der Waals surface area contributed by atoms with Crippen LogP contribution in [0.5, 0.6) is 5.75 Å². The summed E-state index contributed by atoms with van der Waals surface area (Å²) in [6, 6.07) is 13.9. The molecular weight excluding hydrogens is 297 g/mol. The van der Waals surface area contributed by atoms with E-state index >= 15 is 0 Å². The Kier molecular flexibility index (Phi) is 4.57. The minimum absolute atomic E-state index is 0.0112. The number of carbonyl (C=O) groups is 1. The second-order valence-electron chi connectivity index (χ2n) is 5.48. The van der Waals surface area contributed by atoms with Gasteiger partial charge in [-0.1, -0.05) is 24.3 Å². The van der Waals surface area contributed by atoms with Crippen LogP contribution in [0.2, 0.25) is 0 Å². The number of morpholine rings is 1. The van der Waals surface area contributed by atoms with Crippen molar-refractivity contribution in [1.29, 1.82) is 0 Å². The van der Waals surface area contributed by atoms with Crippen molar-refractivity contribution in [3.63, 3.8) is 0 Å². The summed E-state index contributed by atoms with van der Waals surface area (Å²) >= 11 is 0. The number of carbonyl (C=O) groups excluding carboxylic acids is 1. The Hall–Kier alpha value is -2.40. The summed E-state index contributed by atoms with van der Waals surface area (Å²) < 4.78 is 24.1. The molecule has 2 aromatic carbocycles. The van der Waals surface area contributed by atoms with Crippen LogP contribution in [0.3, 0.4) is 0 Å². The molecule has 1 aliphatic rings. The molecule has 1 atom stereocenters. The van der Waals surface area contributed by atoms with Gasteiger partial charge in [0.15, 0.2) is 0 Å². The summed E-state index contributed by atoms with van der Waals surface area (Å²) in [5.74, 6) is 0.415. The lowest BCUT2D eigenvalue weighted by Crippen LogP contribution is -2.42. The molecule has 1 unspecified atom stereocenters. The van der Waals surface area contributed by atoms with Crippen molar-refractivity contribution in [1.82, 2.24) is 4.90 Å². The molecule has 1 saturated heterocycles. The first-order valence-electron chi connectivity index (χ1n) is 7.43. The van der Waals surface area contributed by atoms with E-state index in [4.69, 9.17) is 9.47 Å². The van der Waals surface area contributed by atoms with Gasteiger partial charge in [0, 0.05) is 6.54 Å². The summed E-state index contributed by atoms with van der Waals surface area (Å²) in [4.78, 5) is 13.8. The Morgan fingerprint density at radius 1 is 1.26 bits per heavy atom. The maximum absolute atomic E-state index is 13.4. The third-order valence-electron chi connectivity index (χ3n) is 3.90. The standard InChI is InChI=1S/C18H18FNO3/c1-22-16-7-5-13(6-8-16)10-20-11-17(23-12-18(20)21)14-3-2-4-15(19)9-14/h2-9,17H,10-12H2,1H3. The van der Waals surface area contributed by atoms with Gasteiger partial charge in [-0.15, -0.1) is 0 Å². The van der Waals surface area contributed by atoms with Crippen LogP contribution in [0, 0.1) is 5.82 Å². The van der Waals surface area contributed by atoms with Gasteiger partial charge in [0.05, 0.1) is 13.7 Å². The fourth-order valence-electron chi connectivity index (χ4n) is 2.63. The Balaban J connectivity index is 1.71. The van der Waals surface area contributed by atoms with Gasteiger partial charge in [-0.05, 0) is 35.4 Å². The monoisotopic (exact) mass is 315 g/mol. The lowest BCUT2D eigenvalue weighted by atomic mass is 10.1. The SMILES string of the molecule is COc1ccc(CN2CC(c3cccc(F)c3)OCC2=O)cc1. The number of benzene rings is 2. The van der Waals surface area contributed by atoms with E-state index in [9.17, 15) is 9.18 Å². The van der Waals surface area contributed by atoms with Gasteiger partial charge >= 0.3 is 0 Å². The molecule has 120 valence electrons. The van der Waals surface area contributed by atoms with Gasteiger partial charge in [0.25, 0.3) is 0 Å². The van der Waals surface area contributed by atoms with E-state index in [1.807, 2.05) is 30.3 Å². The predicted octanol–water partition coefficient (Wildman–Crippen LogP) is 2.93. The van der Waals surface area contributed by atoms with Crippen molar-refractivity contribution in [2.45, 2.75) is 12.6 Å². The number of amides is 1. The topological polar surface area (TPSA) is 38.8 Å². The van der Waals surface area contributed by atoms with Crippen LogP contribution in [0.1, 0.15) is 17.2 Å². The molecule has 0 spiro atoms. The number of nitrogens with zero attached hydrogens (tertiary/aromatic N) is 1. The third kappa shape index (κ3) is 3.68. The highest BCUT2D eigenvalue weighted by Gasteiger charge is 2.27. The van der Waals surface area contributed by atoms with Crippen molar-refractivity contribution >= 4 is 5.91 Å². The highest BCUT2D eigenvalue weighted by Crippen LogP contribution is 2.24. The van der Waals surface area contributed by atoms with E-state index in [1.54, 1.807) is 18.1 Å². The molecule has 23 heavy (non-hydrogen) atoms. The number of rotatable bonds is 4.